The van der Waals surface area contributed by atoms with Gasteiger partial charge in [0.2, 0.25) is 0 Å². The van der Waals surface area contributed by atoms with Crippen LogP contribution in [0.5, 0.6) is 5.75 Å². The van der Waals surface area contributed by atoms with Crippen molar-refractivity contribution in [2.45, 2.75) is 6.61 Å². The van der Waals surface area contributed by atoms with Gasteiger partial charge in [0.05, 0.1) is 10.6 Å². The van der Waals surface area contributed by atoms with Crippen molar-refractivity contribution in [3.63, 3.8) is 0 Å². The number of carbonyl (C=O) groups is 2. The van der Waals surface area contributed by atoms with E-state index < -0.39 is 0 Å². The zero-order valence-electron chi connectivity index (χ0n) is 15.3. The van der Waals surface area contributed by atoms with E-state index >= 15 is 0 Å². The molecule has 0 unspecified atom stereocenters. The predicted molar refractivity (Wildman–Crippen MR) is 113 cm³/mol. The summed E-state index contributed by atoms with van der Waals surface area (Å²) in [5.74, 6) is 0.731. The minimum Gasteiger partial charge on any atom is -0.486 e. The van der Waals surface area contributed by atoms with Crippen LogP contribution in [0.2, 0.25) is 5.02 Å². The molecule has 0 aliphatic rings. The largest absolute Gasteiger partial charge is 0.486 e. The van der Waals surface area contributed by atoms with Crippen LogP contribution in [-0.4, -0.2) is 24.9 Å². The molecule has 8 heteroatoms. The smallest absolute Gasteiger partial charge is 0.287 e. The lowest BCUT2D eigenvalue weighted by Crippen LogP contribution is -2.34. The second kappa shape index (κ2) is 10.1. The molecule has 2 N–H and O–H groups in total. The van der Waals surface area contributed by atoms with E-state index in [0.29, 0.717) is 22.1 Å². The minimum absolute atomic E-state index is 0.176. The molecular formula is C21H18BrClN2O4. The van der Waals surface area contributed by atoms with E-state index in [1.54, 1.807) is 36.4 Å². The first-order valence-electron chi connectivity index (χ1n) is 8.81. The van der Waals surface area contributed by atoms with E-state index in [4.69, 9.17) is 20.8 Å². The highest BCUT2D eigenvalue weighted by Crippen LogP contribution is 2.19. The summed E-state index contributed by atoms with van der Waals surface area (Å²) < 4.78 is 12.0. The first kappa shape index (κ1) is 21.0. The molecule has 29 heavy (non-hydrogen) atoms. The van der Waals surface area contributed by atoms with Crippen LogP contribution < -0.4 is 15.4 Å². The first-order valence-corrected chi connectivity index (χ1v) is 9.98. The maximum atomic E-state index is 12.2. The van der Waals surface area contributed by atoms with E-state index in [2.05, 4.69) is 26.6 Å². The van der Waals surface area contributed by atoms with Gasteiger partial charge in [0, 0.05) is 17.6 Å². The summed E-state index contributed by atoms with van der Waals surface area (Å²) in [4.78, 5) is 24.2. The number of amides is 2. The van der Waals surface area contributed by atoms with Crippen molar-refractivity contribution in [1.29, 1.82) is 0 Å². The van der Waals surface area contributed by atoms with Crippen molar-refractivity contribution in [1.82, 2.24) is 10.6 Å². The molecule has 1 heterocycles. The van der Waals surface area contributed by atoms with E-state index in [1.807, 2.05) is 24.3 Å². The molecule has 1 aromatic heterocycles. The Balaban J connectivity index is 1.42. The number of hydrogen-bond acceptors (Lipinski definition) is 4. The topological polar surface area (TPSA) is 80.6 Å². The van der Waals surface area contributed by atoms with Crippen LogP contribution in [-0.2, 0) is 6.61 Å². The van der Waals surface area contributed by atoms with Gasteiger partial charge < -0.3 is 19.8 Å². The Bertz CT molecular complexity index is 1010. The van der Waals surface area contributed by atoms with Crippen LogP contribution in [0.4, 0.5) is 0 Å². The summed E-state index contributed by atoms with van der Waals surface area (Å²) in [6.45, 7) is 0.715. The van der Waals surface area contributed by atoms with Gasteiger partial charge in [-0.2, -0.15) is 0 Å². The monoisotopic (exact) mass is 476 g/mol. The molecule has 0 radical (unpaired) electrons. The lowest BCUT2D eigenvalue weighted by atomic mass is 10.2. The first-order chi connectivity index (χ1) is 14.0. The normalized spacial score (nSPS) is 10.4. The third-order valence-corrected chi connectivity index (χ3v) is 4.70. The highest BCUT2D eigenvalue weighted by atomic mass is 79.9. The summed E-state index contributed by atoms with van der Waals surface area (Å²) in [6, 6.07) is 17.5. The predicted octanol–water partition coefficient (Wildman–Crippen LogP) is 4.43. The third kappa shape index (κ3) is 6.10. The number of furan rings is 1. The standard InChI is InChI=1S/C21H18BrClN2O4/c22-14-4-3-5-15(12-14)28-13-16-8-9-19(29-16)21(27)25-11-10-24-20(26)17-6-1-2-7-18(17)23/h1-9,12H,10-11,13H2,(H,24,26)(H,25,27). The molecular weight excluding hydrogens is 460 g/mol. The van der Waals surface area contributed by atoms with E-state index in [0.717, 1.165) is 4.47 Å². The lowest BCUT2D eigenvalue weighted by molar-refractivity contribution is 0.0907. The lowest BCUT2D eigenvalue weighted by Gasteiger charge is -2.07. The highest BCUT2D eigenvalue weighted by Gasteiger charge is 2.12. The zero-order valence-corrected chi connectivity index (χ0v) is 17.6. The Morgan fingerprint density at radius 3 is 2.48 bits per heavy atom. The van der Waals surface area contributed by atoms with Gasteiger partial charge >= 0.3 is 0 Å². The summed E-state index contributed by atoms with van der Waals surface area (Å²) in [7, 11) is 0. The highest BCUT2D eigenvalue weighted by molar-refractivity contribution is 9.10. The molecule has 0 fully saturated rings. The second-order valence-corrected chi connectivity index (χ2v) is 7.33. The summed E-state index contributed by atoms with van der Waals surface area (Å²) >= 11 is 9.36. The Morgan fingerprint density at radius 1 is 0.966 bits per heavy atom. The van der Waals surface area contributed by atoms with Gasteiger partial charge in [0.15, 0.2) is 5.76 Å². The van der Waals surface area contributed by atoms with Gasteiger partial charge in [-0.05, 0) is 42.5 Å². The SMILES string of the molecule is O=C(NCCNC(=O)c1ccccc1Cl)c1ccc(COc2cccc(Br)c2)o1. The van der Waals surface area contributed by atoms with Gasteiger partial charge in [-0.25, -0.2) is 0 Å². The number of halogens is 2. The van der Waals surface area contributed by atoms with Crippen LogP contribution >= 0.6 is 27.5 Å². The van der Waals surface area contributed by atoms with Crippen LogP contribution in [0, 0.1) is 0 Å². The van der Waals surface area contributed by atoms with Gasteiger partial charge in [-0.1, -0.05) is 45.7 Å². The molecule has 3 rings (SSSR count). The average Bonchev–Trinajstić information content (AvgIpc) is 3.19. The Kier molecular flexibility index (Phi) is 7.32. The maximum absolute atomic E-state index is 12.2. The van der Waals surface area contributed by atoms with E-state index in [-0.39, 0.29) is 37.3 Å². The molecule has 3 aromatic rings. The number of benzene rings is 2. The summed E-state index contributed by atoms with van der Waals surface area (Å²) in [6.07, 6.45) is 0. The van der Waals surface area contributed by atoms with Crippen molar-refractivity contribution in [2.75, 3.05) is 13.1 Å². The summed E-state index contributed by atoms with van der Waals surface area (Å²) in [5.41, 5.74) is 0.390. The Morgan fingerprint density at radius 2 is 1.72 bits per heavy atom. The molecule has 0 atom stereocenters. The second-order valence-electron chi connectivity index (χ2n) is 6.00. The van der Waals surface area contributed by atoms with Crippen LogP contribution in [0.3, 0.4) is 0 Å². The van der Waals surface area contributed by atoms with Crippen molar-refractivity contribution in [3.8, 4) is 5.75 Å². The molecule has 0 aliphatic heterocycles. The molecule has 0 bridgehead atoms. The van der Waals surface area contributed by atoms with Gasteiger partial charge in [-0.3, -0.25) is 9.59 Å². The molecule has 0 spiro atoms. The summed E-state index contributed by atoms with van der Waals surface area (Å²) in [5, 5.41) is 5.77. The van der Waals surface area contributed by atoms with Gasteiger partial charge in [0.25, 0.3) is 11.8 Å². The fourth-order valence-electron chi connectivity index (χ4n) is 2.47. The average molecular weight is 478 g/mol. The van der Waals surface area contributed by atoms with Gasteiger partial charge in [0.1, 0.15) is 18.1 Å². The molecule has 2 amide bonds. The van der Waals surface area contributed by atoms with Gasteiger partial charge in [-0.15, -0.1) is 0 Å². The molecule has 2 aromatic carbocycles. The number of rotatable bonds is 8. The number of carbonyl (C=O) groups excluding carboxylic acids is 2. The van der Waals surface area contributed by atoms with Crippen molar-refractivity contribution in [3.05, 3.63) is 87.2 Å². The fraction of sp³-hybridized carbons (Fsp3) is 0.143. The molecule has 6 nitrogen and oxygen atoms in total. The van der Waals surface area contributed by atoms with E-state index in [9.17, 15) is 9.59 Å². The van der Waals surface area contributed by atoms with Crippen LogP contribution in [0.1, 0.15) is 26.7 Å². The number of hydrogen-bond donors (Lipinski definition) is 2. The van der Waals surface area contributed by atoms with Crippen molar-refractivity contribution < 1.29 is 18.7 Å². The quantitative estimate of drug-likeness (QED) is 0.470. The molecule has 0 saturated carbocycles. The Hall–Kier alpha value is -2.77. The third-order valence-electron chi connectivity index (χ3n) is 3.88. The van der Waals surface area contributed by atoms with E-state index in [1.165, 1.54) is 0 Å². The van der Waals surface area contributed by atoms with Crippen molar-refractivity contribution in [2.24, 2.45) is 0 Å². The van der Waals surface area contributed by atoms with Crippen LogP contribution in [0.15, 0.2) is 69.6 Å². The number of ether oxygens (including phenoxy) is 1. The minimum atomic E-state index is -0.370. The fourth-order valence-corrected chi connectivity index (χ4v) is 3.07. The zero-order chi connectivity index (χ0) is 20.6. The number of nitrogens with one attached hydrogen (secondary N) is 2. The maximum Gasteiger partial charge on any atom is 0.287 e. The molecule has 0 aliphatic carbocycles. The van der Waals surface area contributed by atoms with Crippen LogP contribution in [0.25, 0.3) is 0 Å². The molecule has 0 saturated heterocycles. The van der Waals surface area contributed by atoms with Crippen molar-refractivity contribution >= 4 is 39.3 Å². The Labute approximate surface area is 181 Å². The molecule has 150 valence electrons.